The molecule has 0 aliphatic carbocycles. The van der Waals surface area contributed by atoms with E-state index in [0.29, 0.717) is 0 Å². The molecule has 0 saturated heterocycles. The summed E-state index contributed by atoms with van der Waals surface area (Å²) in [5, 5.41) is 8.21. The molecule has 93 valence electrons. The summed E-state index contributed by atoms with van der Waals surface area (Å²) in [5.74, 6) is 0. The van der Waals surface area contributed by atoms with Crippen LogP contribution in [0.5, 0.6) is 0 Å². The van der Waals surface area contributed by atoms with Crippen molar-refractivity contribution in [1.82, 2.24) is 15.1 Å². The molecule has 3 heteroatoms. The van der Waals surface area contributed by atoms with Gasteiger partial charge in [-0.2, -0.15) is 5.10 Å². The van der Waals surface area contributed by atoms with Crippen LogP contribution in [0.3, 0.4) is 0 Å². The third-order valence-corrected chi connectivity index (χ3v) is 3.52. The monoisotopic (exact) mass is 240 g/mol. The molecule has 1 radical (unpaired) electrons. The van der Waals surface area contributed by atoms with E-state index >= 15 is 0 Å². The third-order valence-electron chi connectivity index (χ3n) is 3.52. The number of benzene rings is 1. The van der Waals surface area contributed by atoms with Crippen molar-refractivity contribution >= 4 is 0 Å². The quantitative estimate of drug-likeness (QED) is 0.870. The Morgan fingerprint density at radius 1 is 1.28 bits per heavy atom. The molecule has 0 unspecified atom stereocenters. The summed E-state index contributed by atoms with van der Waals surface area (Å²) < 4.78 is 2.14. The standard InChI is InChI=1S/C15H18N3/c1-2-18-15(12-6-4-3-5-7-12)13-8-10-16-11-9-14(13)17-18/h4-7,16H,2,8-11H2,1H3. The van der Waals surface area contributed by atoms with E-state index in [1.807, 2.05) is 12.1 Å². The summed E-state index contributed by atoms with van der Waals surface area (Å²) in [6.45, 7) is 5.17. The van der Waals surface area contributed by atoms with Gasteiger partial charge in [0, 0.05) is 30.6 Å². The maximum atomic E-state index is 4.77. The molecular weight excluding hydrogens is 222 g/mol. The van der Waals surface area contributed by atoms with E-state index in [1.54, 1.807) is 0 Å². The van der Waals surface area contributed by atoms with Crippen LogP contribution in [0.4, 0.5) is 0 Å². The van der Waals surface area contributed by atoms with Crippen molar-refractivity contribution in [3.8, 4) is 11.3 Å². The lowest BCUT2D eigenvalue weighted by Crippen LogP contribution is -2.17. The number of nitrogens with zero attached hydrogens (tertiary/aromatic N) is 2. The SMILES string of the molecule is CCn1nc2c(c1-c1cc[c]cc1)CCNCC2. The summed E-state index contributed by atoms with van der Waals surface area (Å²) in [6, 6.07) is 11.3. The van der Waals surface area contributed by atoms with Crippen LogP contribution in [0.15, 0.2) is 24.3 Å². The molecule has 0 fully saturated rings. The van der Waals surface area contributed by atoms with Crippen LogP contribution in [-0.2, 0) is 19.4 Å². The molecule has 18 heavy (non-hydrogen) atoms. The van der Waals surface area contributed by atoms with Crippen LogP contribution < -0.4 is 5.32 Å². The average Bonchev–Trinajstić information content (AvgIpc) is 2.62. The first-order valence-corrected chi connectivity index (χ1v) is 6.66. The number of hydrogen-bond donors (Lipinski definition) is 1. The van der Waals surface area contributed by atoms with E-state index in [-0.39, 0.29) is 0 Å². The highest BCUT2D eigenvalue weighted by Gasteiger charge is 2.19. The van der Waals surface area contributed by atoms with Gasteiger partial charge in [-0.1, -0.05) is 24.3 Å². The van der Waals surface area contributed by atoms with Gasteiger partial charge in [0.15, 0.2) is 0 Å². The van der Waals surface area contributed by atoms with Gasteiger partial charge in [0.2, 0.25) is 0 Å². The van der Waals surface area contributed by atoms with Gasteiger partial charge >= 0.3 is 0 Å². The highest BCUT2D eigenvalue weighted by molar-refractivity contribution is 5.65. The largest absolute Gasteiger partial charge is 0.316 e. The van der Waals surface area contributed by atoms with Gasteiger partial charge in [0.05, 0.1) is 11.4 Å². The van der Waals surface area contributed by atoms with Crippen molar-refractivity contribution < 1.29 is 0 Å². The van der Waals surface area contributed by atoms with Gasteiger partial charge in [-0.3, -0.25) is 4.68 Å². The van der Waals surface area contributed by atoms with E-state index in [0.717, 1.165) is 32.5 Å². The Labute approximate surface area is 108 Å². The highest BCUT2D eigenvalue weighted by Crippen LogP contribution is 2.27. The van der Waals surface area contributed by atoms with E-state index < -0.39 is 0 Å². The van der Waals surface area contributed by atoms with Crippen molar-refractivity contribution in [2.75, 3.05) is 13.1 Å². The molecule has 2 heterocycles. The predicted molar refractivity (Wildman–Crippen MR) is 72.5 cm³/mol. The Bertz CT molecular complexity index is 528. The number of fused-ring (bicyclic) bond motifs is 1. The van der Waals surface area contributed by atoms with E-state index in [2.05, 4.69) is 35.1 Å². The molecule has 1 aliphatic heterocycles. The fourth-order valence-electron chi connectivity index (χ4n) is 2.65. The van der Waals surface area contributed by atoms with Crippen LogP contribution in [0, 0.1) is 6.07 Å². The molecule has 1 aliphatic rings. The molecular formula is C15H18N3. The number of nitrogens with one attached hydrogen (secondary N) is 1. The third kappa shape index (κ3) is 1.95. The lowest BCUT2D eigenvalue weighted by atomic mass is 10.0. The van der Waals surface area contributed by atoms with Crippen molar-refractivity contribution in [3.63, 3.8) is 0 Å². The van der Waals surface area contributed by atoms with Crippen LogP contribution in [-0.4, -0.2) is 22.9 Å². The van der Waals surface area contributed by atoms with Gasteiger partial charge in [-0.05, 0) is 26.0 Å². The normalized spacial score (nSPS) is 15.2. The van der Waals surface area contributed by atoms with Crippen LogP contribution in [0.2, 0.25) is 0 Å². The zero-order valence-electron chi connectivity index (χ0n) is 10.7. The molecule has 1 aromatic carbocycles. The number of aryl methyl sites for hydroxylation is 1. The molecule has 0 saturated carbocycles. The molecule has 3 nitrogen and oxygen atoms in total. The van der Waals surface area contributed by atoms with Gasteiger partial charge in [0.1, 0.15) is 0 Å². The van der Waals surface area contributed by atoms with Gasteiger partial charge in [-0.25, -0.2) is 0 Å². The average molecular weight is 240 g/mol. The first kappa shape index (κ1) is 11.5. The molecule has 2 aromatic rings. The van der Waals surface area contributed by atoms with Gasteiger partial charge in [0.25, 0.3) is 0 Å². The summed E-state index contributed by atoms with van der Waals surface area (Å²) in [4.78, 5) is 0. The minimum Gasteiger partial charge on any atom is -0.316 e. The van der Waals surface area contributed by atoms with Crippen molar-refractivity contribution in [2.45, 2.75) is 26.3 Å². The number of hydrogen-bond acceptors (Lipinski definition) is 2. The van der Waals surface area contributed by atoms with Crippen LogP contribution in [0.25, 0.3) is 11.3 Å². The summed E-state index contributed by atoms with van der Waals surface area (Å²) in [7, 11) is 0. The first-order valence-electron chi connectivity index (χ1n) is 6.66. The Morgan fingerprint density at radius 3 is 2.83 bits per heavy atom. The van der Waals surface area contributed by atoms with E-state index in [4.69, 9.17) is 5.10 Å². The van der Waals surface area contributed by atoms with Crippen molar-refractivity contribution in [3.05, 3.63) is 41.6 Å². The molecule has 1 N–H and O–H groups in total. The molecule has 0 amide bonds. The highest BCUT2D eigenvalue weighted by atomic mass is 15.3. The second kappa shape index (κ2) is 4.94. The second-order valence-corrected chi connectivity index (χ2v) is 4.63. The van der Waals surface area contributed by atoms with E-state index in [9.17, 15) is 0 Å². The smallest absolute Gasteiger partial charge is 0.0717 e. The lowest BCUT2D eigenvalue weighted by Gasteiger charge is -2.08. The van der Waals surface area contributed by atoms with Crippen molar-refractivity contribution in [2.24, 2.45) is 0 Å². The fourth-order valence-corrected chi connectivity index (χ4v) is 2.65. The first-order chi connectivity index (χ1) is 8.90. The Hall–Kier alpha value is -1.61. The minimum atomic E-state index is 0.925. The number of aromatic nitrogens is 2. The molecule has 3 rings (SSSR count). The maximum absolute atomic E-state index is 4.77. The molecule has 0 atom stereocenters. The summed E-state index contributed by atoms with van der Waals surface area (Å²) in [6.07, 6.45) is 2.11. The second-order valence-electron chi connectivity index (χ2n) is 4.63. The minimum absolute atomic E-state index is 0.925. The predicted octanol–water partition coefficient (Wildman–Crippen LogP) is 2.06. The van der Waals surface area contributed by atoms with Crippen molar-refractivity contribution in [1.29, 1.82) is 0 Å². The Balaban J connectivity index is 2.15. The topological polar surface area (TPSA) is 29.9 Å². The molecule has 1 aromatic heterocycles. The molecule has 0 bridgehead atoms. The zero-order chi connectivity index (χ0) is 12.4. The van der Waals surface area contributed by atoms with Gasteiger partial charge < -0.3 is 5.32 Å². The zero-order valence-corrected chi connectivity index (χ0v) is 10.7. The maximum Gasteiger partial charge on any atom is 0.0717 e. The lowest BCUT2D eigenvalue weighted by molar-refractivity contribution is 0.638. The fraction of sp³-hybridized carbons (Fsp3) is 0.400. The number of rotatable bonds is 2. The summed E-state index contributed by atoms with van der Waals surface area (Å²) >= 11 is 0. The Morgan fingerprint density at radius 2 is 2.06 bits per heavy atom. The van der Waals surface area contributed by atoms with Crippen LogP contribution in [0.1, 0.15) is 18.2 Å². The molecule has 0 spiro atoms. The summed E-state index contributed by atoms with van der Waals surface area (Å²) in [5.41, 5.74) is 5.24. The Kier molecular flexibility index (Phi) is 3.15. The van der Waals surface area contributed by atoms with Gasteiger partial charge in [-0.15, -0.1) is 0 Å². The van der Waals surface area contributed by atoms with Crippen LogP contribution >= 0.6 is 0 Å². The van der Waals surface area contributed by atoms with E-state index in [1.165, 1.54) is 22.5 Å².